The second-order valence-electron chi connectivity index (χ2n) is 7.17. The number of methoxy groups -OCH3 is 2. The van der Waals surface area contributed by atoms with Gasteiger partial charge in [0.05, 0.1) is 30.9 Å². The van der Waals surface area contributed by atoms with Crippen molar-refractivity contribution in [3.8, 4) is 11.5 Å². The summed E-state index contributed by atoms with van der Waals surface area (Å²) >= 11 is 7.37. The zero-order chi connectivity index (χ0) is 23.5. The van der Waals surface area contributed by atoms with E-state index in [0.717, 1.165) is 6.42 Å². The molecule has 9 nitrogen and oxygen atoms in total. The van der Waals surface area contributed by atoms with E-state index in [9.17, 15) is 9.59 Å². The lowest BCUT2D eigenvalue weighted by Crippen LogP contribution is -2.23. The second-order valence-corrected chi connectivity index (χ2v) is 8.55. The third-order valence-corrected chi connectivity index (χ3v) is 6.11. The monoisotopic (exact) mass is 487 g/mol. The van der Waals surface area contributed by atoms with Crippen molar-refractivity contribution in [2.75, 3.05) is 25.3 Å². The molecule has 1 amide bonds. The van der Waals surface area contributed by atoms with Crippen molar-refractivity contribution < 1.29 is 14.3 Å². The molecule has 4 rings (SSSR count). The number of aryl methyl sites for hydroxylation is 1. The largest absolute Gasteiger partial charge is 0.497 e. The molecule has 2 heterocycles. The van der Waals surface area contributed by atoms with Gasteiger partial charge < -0.3 is 14.8 Å². The first-order valence-electron chi connectivity index (χ1n) is 10.2. The standard InChI is InChI=1S/C22H22ClN5O4S/c1-4-7-27-20(30)17-8-13(23)5-6-18(17)28-21(27)25-26-22(28)33-12-19(29)24-14-9-15(31-2)11-16(10-14)32-3/h5-6,8-11H,4,7,12H2,1-3H3,(H,24,29). The van der Waals surface area contributed by atoms with Crippen molar-refractivity contribution in [3.05, 3.63) is 51.8 Å². The third kappa shape index (κ3) is 4.62. The Morgan fingerprint density at radius 2 is 1.85 bits per heavy atom. The Morgan fingerprint density at radius 1 is 1.12 bits per heavy atom. The van der Waals surface area contributed by atoms with Crippen LogP contribution >= 0.6 is 23.4 Å². The van der Waals surface area contributed by atoms with Gasteiger partial charge in [-0.2, -0.15) is 0 Å². The van der Waals surface area contributed by atoms with Crippen LogP contribution in [0.4, 0.5) is 5.69 Å². The first-order valence-corrected chi connectivity index (χ1v) is 11.5. The predicted molar refractivity (Wildman–Crippen MR) is 129 cm³/mol. The summed E-state index contributed by atoms with van der Waals surface area (Å²) in [5.41, 5.74) is 1.02. The lowest BCUT2D eigenvalue weighted by molar-refractivity contribution is -0.113. The highest BCUT2D eigenvalue weighted by atomic mass is 35.5. The van der Waals surface area contributed by atoms with Crippen molar-refractivity contribution >= 4 is 51.6 Å². The summed E-state index contributed by atoms with van der Waals surface area (Å²) in [7, 11) is 3.09. The first kappa shape index (κ1) is 22.9. The third-order valence-electron chi connectivity index (χ3n) is 4.95. The SMILES string of the molecule is CCCn1c(=O)c2cc(Cl)ccc2n2c(SCC(=O)Nc3cc(OC)cc(OC)c3)nnc12. The number of thioether (sulfide) groups is 1. The fourth-order valence-corrected chi connectivity index (χ4v) is 4.40. The minimum atomic E-state index is -0.235. The van der Waals surface area contributed by atoms with Crippen LogP contribution < -0.4 is 20.3 Å². The smallest absolute Gasteiger partial charge is 0.262 e. The Kier molecular flexibility index (Phi) is 6.75. The minimum Gasteiger partial charge on any atom is -0.497 e. The van der Waals surface area contributed by atoms with Crippen LogP contribution in [0.2, 0.25) is 5.02 Å². The molecule has 11 heteroatoms. The second kappa shape index (κ2) is 9.72. The number of hydrogen-bond donors (Lipinski definition) is 1. The topological polar surface area (TPSA) is 99.8 Å². The minimum absolute atomic E-state index is 0.0856. The van der Waals surface area contributed by atoms with Gasteiger partial charge in [-0.05, 0) is 24.6 Å². The molecule has 0 radical (unpaired) electrons. The van der Waals surface area contributed by atoms with Crippen molar-refractivity contribution in [1.29, 1.82) is 0 Å². The van der Waals surface area contributed by atoms with Gasteiger partial charge in [0.25, 0.3) is 5.56 Å². The number of amides is 1. The number of rotatable bonds is 8. The predicted octanol–water partition coefficient (Wildman–Crippen LogP) is 3.86. The number of benzene rings is 2. The summed E-state index contributed by atoms with van der Waals surface area (Å²) in [6.45, 7) is 2.47. The highest BCUT2D eigenvalue weighted by molar-refractivity contribution is 7.99. The summed E-state index contributed by atoms with van der Waals surface area (Å²) in [6, 6.07) is 10.3. The van der Waals surface area contributed by atoms with Gasteiger partial charge in [-0.3, -0.25) is 18.6 Å². The zero-order valence-electron chi connectivity index (χ0n) is 18.3. The van der Waals surface area contributed by atoms with Gasteiger partial charge in [0.1, 0.15) is 11.5 Å². The van der Waals surface area contributed by atoms with Crippen LogP contribution in [0.15, 0.2) is 46.3 Å². The van der Waals surface area contributed by atoms with Crippen LogP contribution in [-0.4, -0.2) is 45.0 Å². The molecule has 1 N–H and O–H groups in total. The van der Waals surface area contributed by atoms with Crippen molar-refractivity contribution in [2.24, 2.45) is 0 Å². The van der Waals surface area contributed by atoms with E-state index in [-0.39, 0.29) is 17.2 Å². The summed E-state index contributed by atoms with van der Waals surface area (Å²) in [6.07, 6.45) is 0.753. The number of halogens is 1. The number of aromatic nitrogens is 4. The average molecular weight is 488 g/mol. The fourth-order valence-electron chi connectivity index (χ4n) is 3.48. The van der Waals surface area contributed by atoms with Crippen molar-refractivity contribution in [1.82, 2.24) is 19.2 Å². The Bertz CT molecular complexity index is 1380. The van der Waals surface area contributed by atoms with Crippen LogP contribution in [0, 0.1) is 0 Å². The lowest BCUT2D eigenvalue weighted by atomic mass is 10.2. The van der Waals surface area contributed by atoms with Gasteiger partial charge >= 0.3 is 0 Å². The Hall–Kier alpha value is -3.24. The van der Waals surface area contributed by atoms with Gasteiger partial charge in [-0.15, -0.1) is 10.2 Å². The van der Waals surface area contributed by atoms with E-state index in [4.69, 9.17) is 21.1 Å². The molecule has 0 unspecified atom stereocenters. The van der Waals surface area contributed by atoms with Gasteiger partial charge in [-0.1, -0.05) is 30.3 Å². The van der Waals surface area contributed by atoms with E-state index in [1.54, 1.807) is 59.6 Å². The maximum absolute atomic E-state index is 13.0. The molecular formula is C22H22ClN5O4S. The Balaban J connectivity index is 1.64. The van der Waals surface area contributed by atoms with Crippen LogP contribution in [0.5, 0.6) is 11.5 Å². The lowest BCUT2D eigenvalue weighted by Gasteiger charge is -2.11. The zero-order valence-corrected chi connectivity index (χ0v) is 19.9. The Labute approximate surface area is 198 Å². The van der Waals surface area contributed by atoms with Crippen molar-refractivity contribution in [3.63, 3.8) is 0 Å². The average Bonchev–Trinajstić information content (AvgIpc) is 3.24. The number of anilines is 1. The molecule has 0 aliphatic heterocycles. The fraction of sp³-hybridized carbons (Fsp3) is 0.273. The summed E-state index contributed by atoms with van der Waals surface area (Å²) in [5, 5.41) is 12.8. The van der Waals surface area contributed by atoms with E-state index in [0.29, 0.717) is 50.6 Å². The molecule has 0 aliphatic carbocycles. The molecule has 0 saturated heterocycles. The van der Waals surface area contributed by atoms with E-state index in [1.807, 2.05) is 6.92 Å². The number of carbonyl (C=O) groups excluding carboxylic acids is 1. The van der Waals surface area contributed by atoms with Gasteiger partial charge in [0, 0.05) is 35.5 Å². The number of ether oxygens (including phenoxy) is 2. The number of carbonyl (C=O) groups is 1. The van der Waals surface area contributed by atoms with Crippen LogP contribution in [0.1, 0.15) is 13.3 Å². The molecule has 33 heavy (non-hydrogen) atoms. The van der Waals surface area contributed by atoms with E-state index in [1.165, 1.54) is 11.8 Å². The molecule has 0 spiro atoms. The summed E-state index contributed by atoms with van der Waals surface area (Å²) in [4.78, 5) is 25.6. The Morgan fingerprint density at radius 3 is 2.52 bits per heavy atom. The maximum atomic E-state index is 13.0. The molecule has 0 saturated carbocycles. The number of nitrogens with one attached hydrogen (secondary N) is 1. The quantitative estimate of drug-likeness (QED) is 0.377. The molecule has 0 aliphatic rings. The van der Waals surface area contributed by atoms with E-state index >= 15 is 0 Å². The van der Waals surface area contributed by atoms with Crippen LogP contribution in [-0.2, 0) is 11.3 Å². The maximum Gasteiger partial charge on any atom is 0.262 e. The van der Waals surface area contributed by atoms with Crippen molar-refractivity contribution in [2.45, 2.75) is 25.0 Å². The first-order chi connectivity index (χ1) is 15.9. The summed E-state index contributed by atoms with van der Waals surface area (Å²) < 4.78 is 13.8. The van der Waals surface area contributed by atoms with Gasteiger partial charge in [-0.25, -0.2) is 0 Å². The molecular weight excluding hydrogens is 466 g/mol. The normalized spacial score (nSPS) is 11.2. The molecule has 4 aromatic rings. The highest BCUT2D eigenvalue weighted by Crippen LogP contribution is 2.27. The van der Waals surface area contributed by atoms with Gasteiger partial charge in [0.15, 0.2) is 5.16 Å². The molecule has 0 atom stereocenters. The molecule has 0 bridgehead atoms. The van der Waals surface area contributed by atoms with E-state index < -0.39 is 0 Å². The number of hydrogen-bond acceptors (Lipinski definition) is 7. The van der Waals surface area contributed by atoms with Gasteiger partial charge in [0.2, 0.25) is 11.7 Å². The highest BCUT2D eigenvalue weighted by Gasteiger charge is 2.18. The number of nitrogens with zero attached hydrogens (tertiary/aromatic N) is 4. The summed E-state index contributed by atoms with van der Waals surface area (Å²) in [5.74, 6) is 1.42. The molecule has 172 valence electrons. The van der Waals surface area contributed by atoms with E-state index in [2.05, 4.69) is 15.5 Å². The molecule has 2 aromatic carbocycles. The number of fused-ring (bicyclic) bond motifs is 3. The van der Waals surface area contributed by atoms with Crippen LogP contribution in [0.3, 0.4) is 0 Å². The molecule has 0 fully saturated rings. The molecule has 2 aromatic heterocycles. The van der Waals surface area contributed by atoms with Crippen LogP contribution in [0.25, 0.3) is 16.7 Å².